The van der Waals surface area contributed by atoms with Gasteiger partial charge < -0.3 is 10.1 Å². The molecule has 1 atom stereocenters. The minimum atomic E-state index is -0.508. The number of non-ortho nitro benzene ring substituents is 1. The number of amides is 1. The molecule has 112 valence electrons. The number of hydrogen-bond acceptors (Lipinski definition) is 5. The van der Waals surface area contributed by atoms with E-state index < -0.39 is 4.92 Å². The molecule has 1 heterocycles. The van der Waals surface area contributed by atoms with Gasteiger partial charge in [-0.3, -0.25) is 14.9 Å². The SMILES string of the molecule is Cc1ccc([N+](=O)[O-])cc1C(=O)N1CC/C(=N\O)C(C)C1. The summed E-state index contributed by atoms with van der Waals surface area (Å²) in [5.74, 6) is -0.244. The summed E-state index contributed by atoms with van der Waals surface area (Å²) in [5.41, 5.74) is 1.64. The molecule has 1 aromatic carbocycles. The molecule has 2 rings (SSSR count). The molecule has 1 N–H and O–H groups in total. The maximum atomic E-state index is 12.5. The van der Waals surface area contributed by atoms with Crippen LogP contribution in [-0.2, 0) is 0 Å². The Labute approximate surface area is 122 Å². The minimum Gasteiger partial charge on any atom is -0.411 e. The zero-order valence-electron chi connectivity index (χ0n) is 11.9. The highest BCUT2D eigenvalue weighted by molar-refractivity contribution is 5.98. The van der Waals surface area contributed by atoms with E-state index >= 15 is 0 Å². The van der Waals surface area contributed by atoms with E-state index in [0.29, 0.717) is 36.3 Å². The first-order chi connectivity index (χ1) is 9.93. The van der Waals surface area contributed by atoms with Gasteiger partial charge >= 0.3 is 0 Å². The Morgan fingerprint density at radius 2 is 2.24 bits per heavy atom. The monoisotopic (exact) mass is 291 g/mol. The maximum absolute atomic E-state index is 12.5. The van der Waals surface area contributed by atoms with Gasteiger partial charge in [0.15, 0.2) is 0 Å². The average Bonchev–Trinajstić information content (AvgIpc) is 2.46. The molecule has 0 aromatic heterocycles. The lowest BCUT2D eigenvalue weighted by Crippen LogP contribution is -2.43. The largest absolute Gasteiger partial charge is 0.411 e. The van der Waals surface area contributed by atoms with Crippen molar-refractivity contribution in [3.05, 3.63) is 39.4 Å². The minimum absolute atomic E-state index is 0.0216. The molecule has 1 aromatic rings. The second-order valence-corrected chi connectivity index (χ2v) is 5.25. The Bertz CT molecular complexity index is 612. The lowest BCUT2D eigenvalue weighted by molar-refractivity contribution is -0.384. The van der Waals surface area contributed by atoms with Crippen molar-refractivity contribution in [1.82, 2.24) is 4.90 Å². The van der Waals surface area contributed by atoms with Crippen LogP contribution in [0.1, 0.15) is 29.3 Å². The molecule has 0 aliphatic carbocycles. The van der Waals surface area contributed by atoms with E-state index in [1.54, 1.807) is 17.9 Å². The number of carbonyl (C=O) groups excluding carboxylic acids is 1. The molecule has 21 heavy (non-hydrogen) atoms. The third kappa shape index (κ3) is 3.01. The van der Waals surface area contributed by atoms with Gasteiger partial charge in [-0.05, 0) is 12.5 Å². The summed E-state index contributed by atoms with van der Waals surface area (Å²) in [5, 5.41) is 22.9. The normalized spacial score (nSPS) is 20.6. The number of rotatable bonds is 2. The van der Waals surface area contributed by atoms with Crippen LogP contribution in [0.3, 0.4) is 0 Å². The highest BCUT2D eigenvalue weighted by Crippen LogP contribution is 2.22. The Balaban J connectivity index is 2.25. The molecule has 1 aliphatic rings. The van der Waals surface area contributed by atoms with E-state index in [1.807, 2.05) is 6.92 Å². The number of oxime groups is 1. The van der Waals surface area contributed by atoms with Gasteiger partial charge in [-0.1, -0.05) is 18.1 Å². The van der Waals surface area contributed by atoms with Gasteiger partial charge in [0.2, 0.25) is 0 Å². The average molecular weight is 291 g/mol. The van der Waals surface area contributed by atoms with Crippen LogP contribution in [0.5, 0.6) is 0 Å². The van der Waals surface area contributed by atoms with Gasteiger partial charge in [0.1, 0.15) is 0 Å². The Morgan fingerprint density at radius 1 is 1.52 bits per heavy atom. The number of carbonyl (C=O) groups is 1. The Kier molecular flexibility index (Phi) is 4.21. The van der Waals surface area contributed by atoms with Crippen molar-refractivity contribution in [3.63, 3.8) is 0 Å². The van der Waals surface area contributed by atoms with Crippen molar-refractivity contribution in [3.8, 4) is 0 Å². The predicted octanol–water partition coefficient (Wildman–Crippen LogP) is 2.22. The summed E-state index contributed by atoms with van der Waals surface area (Å²) in [6.45, 7) is 4.53. The summed E-state index contributed by atoms with van der Waals surface area (Å²) in [4.78, 5) is 24.5. The van der Waals surface area contributed by atoms with Gasteiger partial charge in [-0.2, -0.15) is 0 Å². The van der Waals surface area contributed by atoms with Crippen LogP contribution in [0.2, 0.25) is 0 Å². The molecule has 0 radical (unpaired) electrons. The molecule has 0 saturated carbocycles. The van der Waals surface area contributed by atoms with E-state index in [4.69, 9.17) is 5.21 Å². The molecular formula is C14H17N3O4. The lowest BCUT2D eigenvalue weighted by Gasteiger charge is -2.31. The number of nitrogens with zero attached hydrogens (tertiary/aromatic N) is 3. The van der Waals surface area contributed by atoms with Crippen LogP contribution < -0.4 is 0 Å². The van der Waals surface area contributed by atoms with Crippen LogP contribution in [0.4, 0.5) is 5.69 Å². The zero-order chi connectivity index (χ0) is 15.6. The van der Waals surface area contributed by atoms with E-state index in [-0.39, 0.29) is 17.5 Å². The standard InChI is InChI=1S/C14H17N3O4/c1-9-3-4-11(17(20)21)7-12(9)14(18)16-6-5-13(15-19)10(2)8-16/h3-4,7,10,19H,5-6,8H2,1-2H3/b15-13+. The lowest BCUT2D eigenvalue weighted by atomic mass is 9.96. The number of benzene rings is 1. The topological polar surface area (TPSA) is 96.0 Å². The number of likely N-dealkylation sites (tertiary alicyclic amines) is 1. The number of nitro groups is 1. The van der Waals surface area contributed by atoms with Gasteiger partial charge in [0.05, 0.1) is 10.6 Å². The third-order valence-electron chi connectivity index (χ3n) is 3.78. The molecule has 1 amide bonds. The second kappa shape index (κ2) is 5.90. The molecule has 7 heteroatoms. The summed E-state index contributed by atoms with van der Waals surface area (Å²) in [6, 6.07) is 4.29. The number of hydrogen-bond donors (Lipinski definition) is 1. The quantitative estimate of drug-likeness (QED) is 0.513. The highest BCUT2D eigenvalue weighted by atomic mass is 16.6. The fourth-order valence-corrected chi connectivity index (χ4v) is 2.48. The van der Waals surface area contributed by atoms with Gasteiger partial charge in [-0.15, -0.1) is 0 Å². The second-order valence-electron chi connectivity index (χ2n) is 5.25. The summed E-state index contributed by atoms with van der Waals surface area (Å²) < 4.78 is 0. The fraction of sp³-hybridized carbons (Fsp3) is 0.429. The molecular weight excluding hydrogens is 274 g/mol. The van der Waals surface area contributed by atoms with Crippen molar-refractivity contribution >= 4 is 17.3 Å². The number of piperidine rings is 1. The maximum Gasteiger partial charge on any atom is 0.270 e. The zero-order valence-corrected chi connectivity index (χ0v) is 11.9. The van der Waals surface area contributed by atoms with Crippen molar-refractivity contribution < 1.29 is 14.9 Å². The molecule has 0 bridgehead atoms. The van der Waals surface area contributed by atoms with Crippen LogP contribution >= 0.6 is 0 Å². The van der Waals surface area contributed by atoms with Gasteiger partial charge in [0.25, 0.3) is 11.6 Å². The molecule has 0 spiro atoms. The van der Waals surface area contributed by atoms with Crippen molar-refractivity contribution in [2.45, 2.75) is 20.3 Å². The third-order valence-corrected chi connectivity index (χ3v) is 3.78. The van der Waals surface area contributed by atoms with E-state index in [1.165, 1.54) is 12.1 Å². The number of nitro benzene ring substituents is 1. The number of aryl methyl sites for hydroxylation is 1. The highest BCUT2D eigenvalue weighted by Gasteiger charge is 2.28. The smallest absolute Gasteiger partial charge is 0.270 e. The van der Waals surface area contributed by atoms with Crippen LogP contribution in [-0.4, -0.2) is 39.7 Å². The Morgan fingerprint density at radius 3 is 2.81 bits per heavy atom. The van der Waals surface area contributed by atoms with Crippen molar-refractivity contribution in [2.75, 3.05) is 13.1 Å². The first kappa shape index (κ1) is 15.0. The van der Waals surface area contributed by atoms with Crippen molar-refractivity contribution in [2.24, 2.45) is 11.1 Å². The van der Waals surface area contributed by atoms with Crippen LogP contribution in [0.25, 0.3) is 0 Å². The summed E-state index contributed by atoms with van der Waals surface area (Å²) in [7, 11) is 0. The predicted molar refractivity (Wildman–Crippen MR) is 76.7 cm³/mol. The first-order valence-electron chi connectivity index (χ1n) is 6.69. The van der Waals surface area contributed by atoms with Crippen molar-refractivity contribution in [1.29, 1.82) is 0 Å². The molecule has 1 aliphatic heterocycles. The molecule has 1 fully saturated rings. The van der Waals surface area contributed by atoms with E-state index in [9.17, 15) is 14.9 Å². The fourth-order valence-electron chi connectivity index (χ4n) is 2.48. The van der Waals surface area contributed by atoms with Gasteiger partial charge in [-0.25, -0.2) is 0 Å². The van der Waals surface area contributed by atoms with E-state index in [2.05, 4.69) is 5.16 Å². The van der Waals surface area contributed by atoms with Crippen LogP contribution in [0.15, 0.2) is 23.4 Å². The van der Waals surface area contributed by atoms with Gasteiger partial charge in [0, 0.05) is 43.1 Å². The molecule has 7 nitrogen and oxygen atoms in total. The molecule has 1 unspecified atom stereocenters. The summed E-state index contributed by atoms with van der Waals surface area (Å²) >= 11 is 0. The van der Waals surface area contributed by atoms with Crippen LogP contribution in [0, 0.1) is 23.0 Å². The van der Waals surface area contributed by atoms with E-state index in [0.717, 1.165) is 0 Å². The summed E-state index contributed by atoms with van der Waals surface area (Å²) in [6.07, 6.45) is 0.511. The first-order valence-corrected chi connectivity index (χ1v) is 6.69. The molecule has 1 saturated heterocycles. The Hall–Kier alpha value is -2.44.